The molecule has 1 atom stereocenters. The normalized spacial score (nSPS) is 11.7. The summed E-state index contributed by atoms with van der Waals surface area (Å²) in [6.07, 6.45) is 1.46. The van der Waals surface area contributed by atoms with Crippen LogP contribution >= 0.6 is 11.6 Å². The van der Waals surface area contributed by atoms with Crippen LogP contribution in [0.4, 0.5) is 4.79 Å². The molecule has 1 aromatic rings. The van der Waals surface area contributed by atoms with Crippen LogP contribution < -0.4 is 16.4 Å². The highest BCUT2D eigenvalue weighted by molar-refractivity contribution is 6.30. The van der Waals surface area contributed by atoms with Gasteiger partial charge in [-0.25, -0.2) is 4.79 Å². The minimum Gasteiger partial charge on any atom is -0.456 e. The van der Waals surface area contributed by atoms with E-state index in [0.29, 0.717) is 10.6 Å². The second kappa shape index (κ2) is 10.6. The number of carbonyl (C=O) groups is 3. The first kappa shape index (κ1) is 20.8. The molecule has 0 unspecified atom stereocenters. The van der Waals surface area contributed by atoms with Crippen LogP contribution in [0, 0.1) is 0 Å². The summed E-state index contributed by atoms with van der Waals surface area (Å²) in [5.41, 5.74) is 5.81. The monoisotopic (exact) mass is 369 g/mol. The van der Waals surface area contributed by atoms with E-state index in [0.717, 1.165) is 12.8 Å². The molecular weight excluding hydrogens is 346 g/mol. The molecule has 0 radical (unpaired) electrons. The second-order valence-electron chi connectivity index (χ2n) is 5.56. The molecule has 0 bridgehead atoms. The number of esters is 1. The first-order chi connectivity index (χ1) is 11.8. The summed E-state index contributed by atoms with van der Waals surface area (Å²) in [6.45, 7) is 3.57. The fourth-order valence-corrected chi connectivity index (χ4v) is 2.38. The molecule has 138 valence electrons. The van der Waals surface area contributed by atoms with Crippen LogP contribution in [0.25, 0.3) is 0 Å². The van der Waals surface area contributed by atoms with E-state index in [9.17, 15) is 14.4 Å². The maximum atomic E-state index is 12.0. The van der Waals surface area contributed by atoms with E-state index in [1.165, 1.54) is 0 Å². The van der Waals surface area contributed by atoms with Gasteiger partial charge in [0.2, 0.25) is 0 Å². The van der Waals surface area contributed by atoms with Crippen molar-refractivity contribution < 1.29 is 19.1 Å². The van der Waals surface area contributed by atoms with Gasteiger partial charge in [0.25, 0.3) is 5.91 Å². The number of halogens is 1. The number of urea groups is 1. The highest BCUT2D eigenvalue weighted by Gasteiger charge is 2.19. The van der Waals surface area contributed by atoms with Crippen molar-refractivity contribution >= 4 is 29.5 Å². The van der Waals surface area contributed by atoms with Gasteiger partial charge in [-0.05, 0) is 30.5 Å². The Kier molecular flexibility index (Phi) is 8.77. The van der Waals surface area contributed by atoms with Crippen LogP contribution in [-0.4, -0.2) is 30.6 Å². The molecular formula is C17H24ClN3O4. The maximum absolute atomic E-state index is 12.0. The Bertz CT molecular complexity index is 588. The van der Waals surface area contributed by atoms with Gasteiger partial charge in [-0.3, -0.25) is 9.59 Å². The molecule has 7 nitrogen and oxygen atoms in total. The SMILES string of the molecule is CCC(CC)NC(=O)COC(=O)C[C@@H](NC(N)=O)c1ccc(Cl)cc1. The molecule has 0 spiro atoms. The van der Waals surface area contributed by atoms with Gasteiger partial charge in [0, 0.05) is 11.1 Å². The van der Waals surface area contributed by atoms with Crippen molar-refractivity contribution in [3.63, 3.8) is 0 Å². The minimum absolute atomic E-state index is 0.0598. The largest absolute Gasteiger partial charge is 0.456 e. The number of primary amides is 1. The topological polar surface area (TPSA) is 111 Å². The third-order valence-electron chi connectivity index (χ3n) is 3.67. The first-order valence-corrected chi connectivity index (χ1v) is 8.49. The maximum Gasteiger partial charge on any atom is 0.312 e. The second-order valence-corrected chi connectivity index (χ2v) is 5.99. The van der Waals surface area contributed by atoms with Gasteiger partial charge in [-0.15, -0.1) is 0 Å². The smallest absolute Gasteiger partial charge is 0.312 e. The van der Waals surface area contributed by atoms with Crippen LogP contribution in [0.5, 0.6) is 0 Å². The van der Waals surface area contributed by atoms with Crippen molar-refractivity contribution in [2.45, 2.75) is 45.2 Å². The lowest BCUT2D eigenvalue weighted by Gasteiger charge is -2.18. The van der Waals surface area contributed by atoms with Crippen molar-refractivity contribution in [2.75, 3.05) is 6.61 Å². The van der Waals surface area contributed by atoms with Gasteiger partial charge < -0.3 is 21.1 Å². The molecule has 0 aromatic heterocycles. The molecule has 0 fully saturated rings. The molecule has 25 heavy (non-hydrogen) atoms. The zero-order valence-corrected chi connectivity index (χ0v) is 15.1. The third-order valence-corrected chi connectivity index (χ3v) is 3.93. The number of amides is 3. The predicted molar refractivity (Wildman–Crippen MR) is 95.0 cm³/mol. The Labute approximate surface area is 152 Å². The van der Waals surface area contributed by atoms with Gasteiger partial charge in [0.05, 0.1) is 12.5 Å². The summed E-state index contributed by atoms with van der Waals surface area (Å²) in [4.78, 5) is 34.9. The summed E-state index contributed by atoms with van der Waals surface area (Å²) in [5.74, 6) is -0.971. The molecule has 4 N–H and O–H groups in total. The number of rotatable bonds is 9. The average molecular weight is 370 g/mol. The van der Waals surface area contributed by atoms with Crippen LogP contribution in [0.2, 0.25) is 5.02 Å². The molecule has 8 heteroatoms. The Morgan fingerprint density at radius 2 is 1.72 bits per heavy atom. The lowest BCUT2D eigenvalue weighted by atomic mass is 10.0. The lowest BCUT2D eigenvalue weighted by Crippen LogP contribution is -2.37. The van der Waals surface area contributed by atoms with Crippen LogP contribution in [0.15, 0.2) is 24.3 Å². The Morgan fingerprint density at radius 1 is 1.12 bits per heavy atom. The molecule has 0 aliphatic heterocycles. The lowest BCUT2D eigenvalue weighted by molar-refractivity contribution is -0.149. The van der Waals surface area contributed by atoms with Gasteiger partial charge in [-0.1, -0.05) is 37.6 Å². The van der Waals surface area contributed by atoms with Gasteiger partial charge in [0.15, 0.2) is 6.61 Å². The number of hydrogen-bond donors (Lipinski definition) is 3. The number of benzene rings is 1. The van der Waals surface area contributed by atoms with Crippen LogP contribution in [0.3, 0.4) is 0 Å². The van der Waals surface area contributed by atoms with Crippen molar-refractivity contribution in [2.24, 2.45) is 5.73 Å². The summed E-state index contributed by atoms with van der Waals surface area (Å²) in [7, 11) is 0. The minimum atomic E-state index is -0.765. The fourth-order valence-electron chi connectivity index (χ4n) is 2.25. The number of ether oxygens (including phenoxy) is 1. The highest BCUT2D eigenvalue weighted by atomic mass is 35.5. The van der Waals surface area contributed by atoms with E-state index in [-0.39, 0.29) is 25.0 Å². The summed E-state index contributed by atoms with van der Waals surface area (Å²) in [5, 5.41) is 5.78. The zero-order chi connectivity index (χ0) is 18.8. The molecule has 3 amide bonds. The van der Waals surface area contributed by atoms with Crippen molar-refractivity contribution in [1.82, 2.24) is 10.6 Å². The van der Waals surface area contributed by atoms with Gasteiger partial charge in [-0.2, -0.15) is 0 Å². The fraction of sp³-hybridized carbons (Fsp3) is 0.471. The Hall–Kier alpha value is -2.28. The Balaban J connectivity index is 2.59. The van der Waals surface area contributed by atoms with Gasteiger partial charge >= 0.3 is 12.0 Å². The molecule has 1 aromatic carbocycles. The molecule has 1 rings (SSSR count). The highest BCUT2D eigenvalue weighted by Crippen LogP contribution is 2.20. The quantitative estimate of drug-likeness (QED) is 0.580. The average Bonchev–Trinajstić information content (AvgIpc) is 2.57. The Morgan fingerprint density at radius 3 is 2.24 bits per heavy atom. The third kappa shape index (κ3) is 7.89. The number of nitrogens with one attached hydrogen (secondary N) is 2. The number of nitrogens with two attached hydrogens (primary N) is 1. The zero-order valence-electron chi connectivity index (χ0n) is 14.4. The van der Waals surface area contributed by atoms with E-state index in [4.69, 9.17) is 22.1 Å². The van der Waals surface area contributed by atoms with E-state index < -0.39 is 18.0 Å². The van der Waals surface area contributed by atoms with Crippen molar-refractivity contribution in [3.8, 4) is 0 Å². The van der Waals surface area contributed by atoms with Crippen molar-refractivity contribution in [3.05, 3.63) is 34.9 Å². The van der Waals surface area contributed by atoms with Crippen molar-refractivity contribution in [1.29, 1.82) is 0 Å². The molecule has 0 aliphatic carbocycles. The number of hydrogen-bond acceptors (Lipinski definition) is 4. The van der Waals surface area contributed by atoms with Crippen LogP contribution in [-0.2, 0) is 14.3 Å². The standard InChI is InChI=1S/C17H24ClN3O4/c1-3-13(4-2)20-15(22)10-25-16(23)9-14(21-17(19)24)11-5-7-12(18)8-6-11/h5-8,13-14H,3-4,9-10H2,1-2H3,(H,20,22)(H3,19,21,24)/t14-/m1/s1. The summed E-state index contributed by atoms with van der Waals surface area (Å²) >= 11 is 5.83. The van der Waals surface area contributed by atoms with E-state index in [1.54, 1.807) is 24.3 Å². The first-order valence-electron chi connectivity index (χ1n) is 8.12. The molecule has 0 aliphatic rings. The predicted octanol–water partition coefficient (Wildman–Crippen LogP) is 2.29. The van der Waals surface area contributed by atoms with E-state index in [1.807, 2.05) is 13.8 Å². The van der Waals surface area contributed by atoms with Crippen LogP contribution in [0.1, 0.15) is 44.7 Å². The summed E-state index contributed by atoms with van der Waals surface area (Å²) in [6, 6.07) is 5.27. The van der Waals surface area contributed by atoms with E-state index in [2.05, 4.69) is 10.6 Å². The molecule has 0 saturated carbocycles. The molecule has 0 heterocycles. The van der Waals surface area contributed by atoms with E-state index >= 15 is 0 Å². The van der Waals surface area contributed by atoms with Gasteiger partial charge in [0.1, 0.15) is 0 Å². The number of carbonyl (C=O) groups excluding carboxylic acids is 3. The molecule has 0 saturated heterocycles. The summed E-state index contributed by atoms with van der Waals surface area (Å²) < 4.78 is 4.98.